The van der Waals surface area contributed by atoms with Crippen molar-refractivity contribution < 1.29 is 8.42 Å². The molecule has 1 aliphatic rings. The van der Waals surface area contributed by atoms with Gasteiger partial charge in [-0.25, -0.2) is 12.7 Å². The number of rotatable bonds is 1. The second-order valence-electron chi connectivity index (χ2n) is 6.80. The second-order valence-corrected chi connectivity index (χ2v) is 8.78. The van der Waals surface area contributed by atoms with Crippen LogP contribution in [0.3, 0.4) is 0 Å². The van der Waals surface area contributed by atoms with Gasteiger partial charge in [0.15, 0.2) is 0 Å². The minimum Gasteiger partial charge on any atom is -0.213 e. The van der Waals surface area contributed by atoms with E-state index in [1.807, 2.05) is 0 Å². The molecule has 1 fully saturated rings. The summed E-state index contributed by atoms with van der Waals surface area (Å²) >= 11 is 0. The summed E-state index contributed by atoms with van der Waals surface area (Å²) < 4.78 is 25.3. The molecule has 0 radical (unpaired) electrons. The lowest BCUT2D eigenvalue weighted by molar-refractivity contribution is 0.261. The predicted octanol–water partition coefficient (Wildman–Crippen LogP) is 3.80. The average molecular weight is 289 g/mol. The Morgan fingerprint density at radius 1 is 0.789 bits per heavy atom. The van der Waals surface area contributed by atoms with Gasteiger partial charge in [0, 0.05) is 13.1 Å². The van der Waals surface area contributed by atoms with Crippen LogP contribution >= 0.6 is 0 Å². The Kier molecular flexibility index (Phi) is 6.81. The molecule has 1 saturated heterocycles. The minimum absolute atomic E-state index is 0.261. The zero-order valence-electron chi connectivity index (χ0n) is 13.0. The maximum absolute atomic E-state index is 11.8. The van der Waals surface area contributed by atoms with Crippen LogP contribution in [0, 0.1) is 5.41 Å². The first-order chi connectivity index (χ1) is 8.81. The highest BCUT2D eigenvalue weighted by Crippen LogP contribution is 2.29. The molecule has 0 spiro atoms. The van der Waals surface area contributed by atoms with E-state index >= 15 is 0 Å². The molecule has 0 amide bonds. The van der Waals surface area contributed by atoms with Crippen LogP contribution in [-0.4, -0.2) is 32.1 Å². The van der Waals surface area contributed by atoms with Crippen LogP contribution in [0.15, 0.2) is 0 Å². The molecule has 1 aliphatic heterocycles. The third-order valence-electron chi connectivity index (χ3n) is 4.27. The number of hydrogen-bond acceptors (Lipinski definition) is 2. The molecule has 0 aromatic heterocycles. The quantitative estimate of drug-likeness (QED) is 0.736. The molecule has 1 rings (SSSR count). The summed E-state index contributed by atoms with van der Waals surface area (Å²) in [5.74, 6) is 0. The van der Waals surface area contributed by atoms with E-state index in [1.165, 1.54) is 44.8 Å². The van der Waals surface area contributed by atoms with E-state index in [9.17, 15) is 8.42 Å². The fourth-order valence-corrected chi connectivity index (χ4v) is 3.66. The van der Waals surface area contributed by atoms with Crippen molar-refractivity contribution in [3.8, 4) is 0 Å². The molecule has 0 aromatic rings. The van der Waals surface area contributed by atoms with Crippen molar-refractivity contribution in [2.75, 3.05) is 19.3 Å². The Bertz CT molecular complexity index is 349. The van der Waals surface area contributed by atoms with Crippen LogP contribution < -0.4 is 0 Å². The van der Waals surface area contributed by atoms with Gasteiger partial charge in [0.1, 0.15) is 0 Å². The van der Waals surface area contributed by atoms with Gasteiger partial charge in [-0.2, -0.15) is 0 Å². The van der Waals surface area contributed by atoms with Crippen LogP contribution in [0.1, 0.15) is 71.6 Å². The molecular formula is C15H31NO2S. The molecule has 0 saturated carbocycles. The van der Waals surface area contributed by atoms with Crippen molar-refractivity contribution in [3.05, 3.63) is 0 Å². The topological polar surface area (TPSA) is 37.4 Å². The van der Waals surface area contributed by atoms with Crippen molar-refractivity contribution >= 4 is 10.0 Å². The first kappa shape index (κ1) is 17.0. The molecular weight excluding hydrogens is 258 g/mol. The number of nitrogens with zero attached hydrogens (tertiary/aromatic N) is 1. The van der Waals surface area contributed by atoms with E-state index in [0.717, 1.165) is 19.3 Å². The average Bonchev–Trinajstić information content (AvgIpc) is 2.29. The van der Waals surface area contributed by atoms with Gasteiger partial charge in [0.2, 0.25) is 10.0 Å². The monoisotopic (exact) mass is 289 g/mol. The van der Waals surface area contributed by atoms with E-state index in [2.05, 4.69) is 13.8 Å². The Morgan fingerprint density at radius 2 is 1.32 bits per heavy atom. The van der Waals surface area contributed by atoms with E-state index in [4.69, 9.17) is 0 Å². The first-order valence-electron chi connectivity index (χ1n) is 7.76. The van der Waals surface area contributed by atoms with Gasteiger partial charge in [-0.05, 0) is 24.7 Å². The van der Waals surface area contributed by atoms with Crippen molar-refractivity contribution in [1.29, 1.82) is 0 Å². The van der Waals surface area contributed by atoms with Crippen LogP contribution in [0.4, 0.5) is 0 Å². The van der Waals surface area contributed by atoms with E-state index < -0.39 is 10.0 Å². The summed E-state index contributed by atoms with van der Waals surface area (Å²) in [6, 6.07) is 0. The lowest BCUT2D eigenvalue weighted by atomic mass is 9.83. The number of hydrogen-bond donors (Lipinski definition) is 0. The molecule has 0 aromatic carbocycles. The van der Waals surface area contributed by atoms with Crippen LogP contribution in [0.25, 0.3) is 0 Å². The van der Waals surface area contributed by atoms with Gasteiger partial charge < -0.3 is 0 Å². The zero-order valence-corrected chi connectivity index (χ0v) is 13.8. The zero-order chi connectivity index (χ0) is 14.4. The molecule has 19 heavy (non-hydrogen) atoms. The van der Waals surface area contributed by atoms with Gasteiger partial charge >= 0.3 is 0 Å². The Balaban J connectivity index is 2.63. The van der Waals surface area contributed by atoms with Gasteiger partial charge in [0.25, 0.3) is 0 Å². The van der Waals surface area contributed by atoms with Crippen LogP contribution in [-0.2, 0) is 10.0 Å². The molecule has 0 bridgehead atoms. The van der Waals surface area contributed by atoms with Crippen molar-refractivity contribution in [2.45, 2.75) is 71.6 Å². The fraction of sp³-hybridized carbons (Fsp3) is 1.00. The highest BCUT2D eigenvalue weighted by Gasteiger charge is 2.22. The SMILES string of the molecule is CC1(C)CCCCCCCCCN(S(C)(=O)=O)CC1. The molecule has 0 aliphatic carbocycles. The van der Waals surface area contributed by atoms with Crippen molar-refractivity contribution in [2.24, 2.45) is 5.41 Å². The van der Waals surface area contributed by atoms with Crippen LogP contribution in [0.2, 0.25) is 0 Å². The minimum atomic E-state index is -3.04. The summed E-state index contributed by atoms with van der Waals surface area (Å²) in [4.78, 5) is 0. The Hall–Kier alpha value is -0.0900. The first-order valence-corrected chi connectivity index (χ1v) is 9.61. The second kappa shape index (κ2) is 7.63. The largest absolute Gasteiger partial charge is 0.213 e. The van der Waals surface area contributed by atoms with E-state index in [-0.39, 0.29) is 5.41 Å². The lowest BCUT2D eigenvalue weighted by Gasteiger charge is -2.28. The fourth-order valence-electron chi connectivity index (χ4n) is 2.77. The van der Waals surface area contributed by atoms with Crippen molar-refractivity contribution in [3.63, 3.8) is 0 Å². The standard InChI is InChI=1S/C15H31NO2S/c1-15(2)11-9-7-5-4-6-8-10-13-16(14-12-15)19(3,17)18/h4-14H2,1-3H3. The van der Waals surface area contributed by atoms with E-state index in [1.54, 1.807) is 4.31 Å². The van der Waals surface area contributed by atoms with Crippen LogP contribution in [0.5, 0.6) is 0 Å². The normalized spacial score (nSPS) is 25.0. The molecule has 0 unspecified atom stereocenters. The highest BCUT2D eigenvalue weighted by atomic mass is 32.2. The highest BCUT2D eigenvalue weighted by molar-refractivity contribution is 7.88. The van der Waals surface area contributed by atoms with Gasteiger partial charge in [-0.1, -0.05) is 52.4 Å². The molecule has 0 N–H and O–H groups in total. The summed E-state index contributed by atoms with van der Waals surface area (Å²) in [6.45, 7) is 5.93. The summed E-state index contributed by atoms with van der Waals surface area (Å²) in [6.07, 6.45) is 12.2. The van der Waals surface area contributed by atoms with Gasteiger partial charge in [-0.3, -0.25) is 0 Å². The summed E-state index contributed by atoms with van der Waals surface area (Å²) in [5, 5.41) is 0. The lowest BCUT2D eigenvalue weighted by Crippen LogP contribution is -2.34. The van der Waals surface area contributed by atoms with Gasteiger partial charge in [0.05, 0.1) is 6.26 Å². The molecule has 4 heteroatoms. The number of sulfonamides is 1. The third kappa shape index (κ3) is 7.31. The predicted molar refractivity (Wildman–Crippen MR) is 81.8 cm³/mol. The maximum atomic E-state index is 11.8. The molecule has 0 atom stereocenters. The molecule has 1 heterocycles. The van der Waals surface area contributed by atoms with E-state index in [0.29, 0.717) is 13.1 Å². The summed E-state index contributed by atoms with van der Waals surface area (Å²) in [7, 11) is -3.04. The maximum Gasteiger partial charge on any atom is 0.211 e. The summed E-state index contributed by atoms with van der Waals surface area (Å²) in [5.41, 5.74) is 0.261. The van der Waals surface area contributed by atoms with Crippen molar-refractivity contribution in [1.82, 2.24) is 4.31 Å². The smallest absolute Gasteiger partial charge is 0.211 e. The van der Waals surface area contributed by atoms with Gasteiger partial charge in [-0.15, -0.1) is 0 Å². The molecule has 114 valence electrons. The Labute approximate surface area is 119 Å². The molecule has 3 nitrogen and oxygen atoms in total. The third-order valence-corrected chi connectivity index (χ3v) is 5.57. The Morgan fingerprint density at radius 3 is 1.89 bits per heavy atom.